The summed E-state index contributed by atoms with van der Waals surface area (Å²) in [5, 5.41) is 7.61. The van der Waals surface area contributed by atoms with Gasteiger partial charge in [-0.1, -0.05) is 194 Å². The second kappa shape index (κ2) is 13.5. The summed E-state index contributed by atoms with van der Waals surface area (Å²) in [5.41, 5.74) is 18.3. The lowest BCUT2D eigenvalue weighted by atomic mass is 9.70. The molecule has 0 aliphatic heterocycles. The van der Waals surface area contributed by atoms with Crippen molar-refractivity contribution in [2.24, 2.45) is 0 Å². The van der Waals surface area contributed by atoms with Crippen LogP contribution in [0.25, 0.3) is 76.8 Å². The van der Waals surface area contributed by atoms with Crippen molar-refractivity contribution in [1.29, 1.82) is 0 Å². The van der Waals surface area contributed by atoms with Crippen molar-refractivity contribution in [2.75, 3.05) is 4.90 Å². The fourth-order valence-electron chi connectivity index (χ4n) is 11.0. The van der Waals surface area contributed by atoms with E-state index in [-0.39, 0.29) is 0 Å². The second-order valence-electron chi connectivity index (χ2n) is 16.8. The van der Waals surface area contributed by atoms with Crippen molar-refractivity contribution < 1.29 is 0 Å². The van der Waals surface area contributed by atoms with E-state index < -0.39 is 5.41 Å². The summed E-state index contributed by atoms with van der Waals surface area (Å²) in [6, 6.07) is 87.8. The number of hydrogen-bond donors (Lipinski definition) is 0. The van der Waals surface area contributed by atoms with Crippen LogP contribution in [0.5, 0.6) is 0 Å². The summed E-state index contributed by atoms with van der Waals surface area (Å²) in [4.78, 5) is 2.47. The van der Waals surface area contributed by atoms with E-state index >= 15 is 0 Å². The Hall–Kier alpha value is -8.00. The number of hydrogen-bond acceptors (Lipinski definition) is 1. The van der Waals surface area contributed by atoms with Gasteiger partial charge in [-0.2, -0.15) is 0 Å². The van der Waals surface area contributed by atoms with Gasteiger partial charge in [-0.25, -0.2) is 0 Å². The average molecular weight is 786 g/mol. The van der Waals surface area contributed by atoms with E-state index in [4.69, 9.17) is 0 Å². The topological polar surface area (TPSA) is 3.24 Å². The van der Waals surface area contributed by atoms with Crippen LogP contribution in [0.2, 0.25) is 0 Å². The molecule has 11 aromatic rings. The lowest BCUT2D eigenvalue weighted by Gasteiger charge is -2.32. The van der Waals surface area contributed by atoms with E-state index in [9.17, 15) is 0 Å². The molecule has 0 saturated carbocycles. The smallest absolute Gasteiger partial charge is 0.0726 e. The van der Waals surface area contributed by atoms with Crippen molar-refractivity contribution in [1.82, 2.24) is 0 Å². The minimum atomic E-state index is -0.438. The molecule has 0 bridgehead atoms. The predicted octanol–water partition coefficient (Wildman–Crippen LogP) is 16.3. The second-order valence-corrected chi connectivity index (χ2v) is 16.8. The normalized spacial score (nSPS) is 13.0. The SMILES string of the molecule is c1ccc(-c2cccc(-c3ccc(N(c4ccc5c(c4)C4(c6ccccc6-c6ccccc64)c4ccccc4-5)c4ccc5c6ccccc6c6ccccc6c5c4)cc3)c2)cc1. The van der Waals surface area contributed by atoms with E-state index in [2.05, 4.69) is 241 Å². The van der Waals surface area contributed by atoms with Gasteiger partial charge in [-0.15, -0.1) is 0 Å². The fourth-order valence-corrected chi connectivity index (χ4v) is 11.0. The lowest BCUT2D eigenvalue weighted by Crippen LogP contribution is -2.26. The van der Waals surface area contributed by atoms with Gasteiger partial charge in [0.2, 0.25) is 0 Å². The monoisotopic (exact) mass is 785 g/mol. The molecule has 2 aliphatic carbocycles. The van der Waals surface area contributed by atoms with Gasteiger partial charge in [0.15, 0.2) is 0 Å². The summed E-state index contributed by atoms with van der Waals surface area (Å²) >= 11 is 0. The maximum Gasteiger partial charge on any atom is 0.0726 e. The summed E-state index contributed by atoms with van der Waals surface area (Å²) in [6.45, 7) is 0. The van der Waals surface area contributed by atoms with E-state index in [1.165, 1.54) is 99.1 Å². The Balaban J connectivity index is 1.04. The van der Waals surface area contributed by atoms with Gasteiger partial charge in [-0.05, 0) is 142 Å². The van der Waals surface area contributed by atoms with Gasteiger partial charge in [0.1, 0.15) is 0 Å². The molecule has 0 saturated heterocycles. The molecule has 0 N–H and O–H groups in total. The molecule has 0 radical (unpaired) electrons. The first-order valence-electron chi connectivity index (χ1n) is 21.6. The summed E-state index contributed by atoms with van der Waals surface area (Å²) in [6.07, 6.45) is 0. The van der Waals surface area contributed by atoms with E-state index in [0.717, 1.165) is 17.1 Å². The molecule has 11 aromatic carbocycles. The molecule has 1 heteroatoms. The Morgan fingerprint density at radius 3 is 1.21 bits per heavy atom. The van der Waals surface area contributed by atoms with Gasteiger partial charge in [0, 0.05) is 17.1 Å². The lowest BCUT2D eigenvalue weighted by molar-refractivity contribution is 0.793. The number of fused-ring (bicyclic) bond motifs is 16. The van der Waals surface area contributed by atoms with Gasteiger partial charge in [0.25, 0.3) is 0 Å². The molecule has 0 unspecified atom stereocenters. The molecule has 2 aliphatic rings. The van der Waals surface area contributed by atoms with Crippen molar-refractivity contribution in [3.05, 3.63) is 259 Å². The molecular formula is C61H39N. The van der Waals surface area contributed by atoms with E-state index in [1.54, 1.807) is 0 Å². The Morgan fingerprint density at radius 1 is 0.226 bits per heavy atom. The highest BCUT2D eigenvalue weighted by molar-refractivity contribution is 6.25. The number of nitrogens with zero attached hydrogens (tertiary/aromatic N) is 1. The Morgan fingerprint density at radius 2 is 0.629 bits per heavy atom. The van der Waals surface area contributed by atoms with Crippen molar-refractivity contribution >= 4 is 49.4 Å². The molecular weight excluding hydrogens is 747 g/mol. The van der Waals surface area contributed by atoms with E-state index in [1.807, 2.05) is 0 Å². The number of rotatable bonds is 5. The van der Waals surface area contributed by atoms with Gasteiger partial charge < -0.3 is 4.90 Å². The van der Waals surface area contributed by atoms with Crippen molar-refractivity contribution in [3.8, 4) is 44.5 Å². The quantitative estimate of drug-likeness (QED) is 0.157. The zero-order valence-electron chi connectivity index (χ0n) is 34.0. The third-order valence-electron chi connectivity index (χ3n) is 13.7. The van der Waals surface area contributed by atoms with Gasteiger partial charge >= 0.3 is 0 Å². The molecule has 0 atom stereocenters. The first kappa shape index (κ1) is 34.8. The maximum atomic E-state index is 2.49. The van der Waals surface area contributed by atoms with Crippen LogP contribution in [0.4, 0.5) is 17.1 Å². The van der Waals surface area contributed by atoms with Crippen LogP contribution in [-0.2, 0) is 5.41 Å². The third-order valence-corrected chi connectivity index (χ3v) is 13.7. The first-order valence-corrected chi connectivity index (χ1v) is 21.6. The molecule has 1 spiro atoms. The zero-order valence-corrected chi connectivity index (χ0v) is 34.0. The van der Waals surface area contributed by atoms with Gasteiger partial charge in [-0.3, -0.25) is 0 Å². The minimum Gasteiger partial charge on any atom is -0.310 e. The number of anilines is 3. The fraction of sp³-hybridized carbons (Fsp3) is 0.0164. The standard InChI is InChI=1S/C61H39N/c1-2-15-40(16-3-1)42-17-14-18-43(37-42)41-29-31-44(32-30-41)62(45-33-35-51-49-21-5-4-19-47(49)48-20-6-7-22-50(48)56(51)38-45)46-34-36-55-54-25-10-13-28-59(54)61(60(55)39-46)57-26-11-8-23-52(57)53-24-9-12-27-58(53)61/h1-39H. The van der Waals surface area contributed by atoms with Crippen LogP contribution in [-0.4, -0.2) is 0 Å². The van der Waals surface area contributed by atoms with Crippen LogP contribution in [0.15, 0.2) is 237 Å². The van der Waals surface area contributed by atoms with Crippen LogP contribution < -0.4 is 4.90 Å². The number of benzene rings is 11. The highest BCUT2D eigenvalue weighted by atomic mass is 15.1. The molecule has 13 rings (SSSR count). The zero-order chi connectivity index (χ0) is 40.8. The molecule has 288 valence electrons. The highest BCUT2D eigenvalue weighted by Crippen LogP contribution is 2.63. The predicted molar refractivity (Wildman–Crippen MR) is 261 cm³/mol. The van der Waals surface area contributed by atoms with Crippen LogP contribution >= 0.6 is 0 Å². The molecule has 62 heavy (non-hydrogen) atoms. The molecule has 0 amide bonds. The third kappa shape index (κ3) is 4.97. The highest BCUT2D eigenvalue weighted by Gasteiger charge is 2.51. The molecule has 0 heterocycles. The Labute approximate surface area is 361 Å². The van der Waals surface area contributed by atoms with Crippen LogP contribution in [0, 0.1) is 0 Å². The van der Waals surface area contributed by atoms with Gasteiger partial charge in [0.05, 0.1) is 5.41 Å². The minimum absolute atomic E-state index is 0.438. The van der Waals surface area contributed by atoms with Crippen LogP contribution in [0.3, 0.4) is 0 Å². The first-order chi connectivity index (χ1) is 30.8. The Bertz CT molecular complexity index is 3480. The molecule has 0 fully saturated rings. The van der Waals surface area contributed by atoms with E-state index in [0.29, 0.717) is 0 Å². The summed E-state index contributed by atoms with van der Waals surface area (Å²) in [7, 11) is 0. The summed E-state index contributed by atoms with van der Waals surface area (Å²) in [5.74, 6) is 0. The average Bonchev–Trinajstić information content (AvgIpc) is 3.82. The maximum absolute atomic E-state index is 2.49. The largest absolute Gasteiger partial charge is 0.310 e. The van der Waals surface area contributed by atoms with Crippen molar-refractivity contribution in [2.45, 2.75) is 5.41 Å². The molecule has 0 aromatic heterocycles. The summed E-state index contributed by atoms with van der Waals surface area (Å²) < 4.78 is 0. The van der Waals surface area contributed by atoms with Crippen LogP contribution in [0.1, 0.15) is 22.3 Å². The Kier molecular flexibility index (Phi) is 7.59. The van der Waals surface area contributed by atoms with Crippen molar-refractivity contribution in [3.63, 3.8) is 0 Å². The molecule has 1 nitrogen and oxygen atoms in total.